The van der Waals surface area contributed by atoms with Gasteiger partial charge in [0.2, 0.25) is 0 Å². The molecule has 1 nitrogen and oxygen atoms in total. The molecule has 0 N–H and O–H groups in total. The van der Waals surface area contributed by atoms with Crippen LogP contribution in [0.4, 0.5) is 0 Å². The summed E-state index contributed by atoms with van der Waals surface area (Å²) < 4.78 is 5.76. The molecule has 0 saturated heterocycles. The van der Waals surface area contributed by atoms with Gasteiger partial charge in [0, 0.05) is 0 Å². The monoisotopic (exact) mass is 150 g/mol. The van der Waals surface area contributed by atoms with Crippen molar-refractivity contribution in [2.75, 3.05) is 6.61 Å². The van der Waals surface area contributed by atoms with Gasteiger partial charge in [0.1, 0.15) is 0 Å². The van der Waals surface area contributed by atoms with Crippen molar-refractivity contribution in [3.63, 3.8) is 0 Å². The average Bonchev–Trinajstić information content (AvgIpc) is 2.34. The molecule has 1 heterocycles. The molecule has 11 heavy (non-hydrogen) atoms. The number of hydrogen-bond donors (Lipinski definition) is 0. The predicted molar refractivity (Wildman–Crippen MR) is 45.4 cm³/mol. The summed E-state index contributed by atoms with van der Waals surface area (Å²) in [5.74, 6) is 0. The number of rotatable bonds is 0. The Hall–Kier alpha value is -0.560. The van der Waals surface area contributed by atoms with Crippen molar-refractivity contribution in [3.05, 3.63) is 23.8 Å². The van der Waals surface area contributed by atoms with E-state index in [1.807, 2.05) is 0 Å². The molecule has 0 aromatic carbocycles. The van der Waals surface area contributed by atoms with E-state index in [1.54, 1.807) is 0 Å². The van der Waals surface area contributed by atoms with Gasteiger partial charge in [-0.1, -0.05) is 23.8 Å². The van der Waals surface area contributed by atoms with Gasteiger partial charge in [0.25, 0.3) is 0 Å². The largest absolute Gasteiger partial charge is 0.370 e. The van der Waals surface area contributed by atoms with Crippen LogP contribution >= 0.6 is 0 Å². The van der Waals surface area contributed by atoms with Crippen molar-refractivity contribution in [3.8, 4) is 0 Å². The molecular weight excluding hydrogens is 136 g/mol. The summed E-state index contributed by atoms with van der Waals surface area (Å²) in [5.41, 5.74) is 1.65. The molecule has 0 unspecified atom stereocenters. The van der Waals surface area contributed by atoms with Crippen LogP contribution in [0, 0.1) is 0 Å². The summed E-state index contributed by atoms with van der Waals surface area (Å²) in [5, 5.41) is 0. The Morgan fingerprint density at radius 3 is 2.82 bits per heavy atom. The predicted octanol–water partition coefficient (Wildman–Crippen LogP) is 2.44. The van der Waals surface area contributed by atoms with Gasteiger partial charge in [-0.2, -0.15) is 0 Å². The fourth-order valence-electron chi connectivity index (χ4n) is 1.93. The van der Waals surface area contributed by atoms with E-state index in [-0.39, 0.29) is 5.60 Å². The van der Waals surface area contributed by atoms with Crippen molar-refractivity contribution in [2.45, 2.75) is 31.8 Å². The highest BCUT2D eigenvalue weighted by atomic mass is 16.5. The van der Waals surface area contributed by atoms with Gasteiger partial charge < -0.3 is 4.74 Å². The third kappa shape index (κ3) is 1.25. The van der Waals surface area contributed by atoms with E-state index in [0.29, 0.717) is 0 Å². The smallest absolute Gasteiger partial charge is 0.0792 e. The van der Waals surface area contributed by atoms with Crippen LogP contribution in [0.1, 0.15) is 26.2 Å². The SMILES string of the molecule is CC1=CC[C@]2(CC=CCO2)C1. The quantitative estimate of drug-likeness (QED) is 0.482. The lowest BCUT2D eigenvalue weighted by atomic mass is 9.94. The Morgan fingerprint density at radius 1 is 1.36 bits per heavy atom. The molecule has 1 spiro atoms. The molecule has 60 valence electrons. The van der Waals surface area contributed by atoms with E-state index in [4.69, 9.17) is 4.74 Å². The molecule has 0 amide bonds. The molecule has 1 aliphatic carbocycles. The Balaban J connectivity index is 2.09. The minimum Gasteiger partial charge on any atom is -0.370 e. The number of hydrogen-bond acceptors (Lipinski definition) is 1. The summed E-state index contributed by atoms with van der Waals surface area (Å²) in [6.45, 7) is 3.00. The van der Waals surface area contributed by atoms with Crippen LogP contribution in [-0.4, -0.2) is 12.2 Å². The van der Waals surface area contributed by atoms with E-state index in [2.05, 4.69) is 25.2 Å². The fourth-order valence-corrected chi connectivity index (χ4v) is 1.93. The highest BCUT2D eigenvalue weighted by Gasteiger charge is 2.33. The van der Waals surface area contributed by atoms with Gasteiger partial charge in [-0.05, 0) is 26.2 Å². The summed E-state index contributed by atoms with van der Waals surface area (Å²) in [6, 6.07) is 0. The van der Waals surface area contributed by atoms with Crippen LogP contribution in [-0.2, 0) is 4.74 Å². The highest BCUT2D eigenvalue weighted by Crippen LogP contribution is 2.37. The van der Waals surface area contributed by atoms with E-state index in [9.17, 15) is 0 Å². The third-order valence-electron chi connectivity index (χ3n) is 2.57. The van der Waals surface area contributed by atoms with Crippen molar-refractivity contribution < 1.29 is 4.74 Å². The second kappa shape index (κ2) is 2.49. The minimum absolute atomic E-state index is 0.166. The van der Waals surface area contributed by atoms with Crippen LogP contribution in [0.5, 0.6) is 0 Å². The van der Waals surface area contributed by atoms with Crippen LogP contribution in [0.3, 0.4) is 0 Å². The zero-order chi connectivity index (χ0) is 7.73. The van der Waals surface area contributed by atoms with Gasteiger partial charge in [0.15, 0.2) is 0 Å². The molecule has 2 rings (SSSR count). The van der Waals surface area contributed by atoms with Crippen LogP contribution in [0.2, 0.25) is 0 Å². The lowest BCUT2D eigenvalue weighted by Crippen LogP contribution is -2.31. The lowest BCUT2D eigenvalue weighted by molar-refractivity contribution is -0.0272. The third-order valence-corrected chi connectivity index (χ3v) is 2.57. The second-order valence-corrected chi connectivity index (χ2v) is 3.60. The normalized spacial score (nSPS) is 36.3. The minimum atomic E-state index is 0.166. The maximum absolute atomic E-state index is 5.76. The maximum atomic E-state index is 5.76. The molecule has 0 bridgehead atoms. The Kier molecular flexibility index (Phi) is 1.61. The van der Waals surface area contributed by atoms with Crippen molar-refractivity contribution >= 4 is 0 Å². The summed E-state index contributed by atoms with van der Waals surface area (Å²) >= 11 is 0. The van der Waals surface area contributed by atoms with Gasteiger partial charge in [-0.25, -0.2) is 0 Å². The Bertz CT molecular complexity index is 215. The van der Waals surface area contributed by atoms with E-state index in [0.717, 1.165) is 25.9 Å². The lowest BCUT2D eigenvalue weighted by Gasteiger charge is -2.30. The molecule has 1 heteroatoms. The second-order valence-electron chi connectivity index (χ2n) is 3.60. The average molecular weight is 150 g/mol. The summed E-state index contributed by atoms with van der Waals surface area (Å²) in [4.78, 5) is 0. The summed E-state index contributed by atoms with van der Waals surface area (Å²) in [7, 11) is 0. The number of ether oxygens (including phenoxy) is 1. The van der Waals surface area contributed by atoms with E-state index < -0.39 is 0 Å². The zero-order valence-electron chi connectivity index (χ0n) is 6.97. The van der Waals surface area contributed by atoms with Crippen LogP contribution in [0.25, 0.3) is 0 Å². The highest BCUT2D eigenvalue weighted by molar-refractivity contribution is 5.17. The zero-order valence-corrected chi connectivity index (χ0v) is 6.97. The molecular formula is C10H14O. The fraction of sp³-hybridized carbons (Fsp3) is 0.600. The molecule has 0 fully saturated rings. The molecule has 2 aliphatic rings. The van der Waals surface area contributed by atoms with Gasteiger partial charge in [0.05, 0.1) is 12.2 Å². The Morgan fingerprint density at radius 2 is 2.27 bits per heavy atom. The first-order valence-corrected chi connectivity index (χ1v) is 4.25. The topological polar surface area (TPSA) is 9.23 Å². The first-order chi connectivity index (χ1) is 5.31. The van der Waals surface area contributed by atoms with E-state index in [1.165, 1.54) is 5.57 Å². The molecule has 0 aromatic rings. The first kappa shape index (κ1) is 7.11. The van der Waals surface area contributed by atoms with E-state index >= 15 is 0 Å². The van der Waals surface area contributed by atoms with Crippen LogP contribution in [0.15, 0.2) is 23.8 Å². The van der Waals surface area contributed by atoms with Crippen molar-refractivity contribution in [1.82, 2.24) is 0 Å². The van der Waals surface area contributed by atoms with Gasteiger partial charge in [-0.3, -0.25) is 0 Å². The molecule has 0 radical (unpaired) electrons. The maximum Gasteiger partial charge on any atom is 0.0792 e. The van der Waals surface area contributed by atoms with Crippen molar-refractivity contribution in [1.29, 1.82) is 0 Å². The Labute approximate surface area is 67.7 Å². The standard InChI is InChI=1S/C10H14O/c1-9-4-6-10(8-9)5-2-3-7-11-10/h2-4H,5-8H2,1H3/t10-/m1/s1. The molecule has 1 atom stereocenters. The first-order valence-electron chi connectivity index (χ1n) is 4.25. The van der Waals surface area contributed by atoms with Gasteiger partial charge in [-0.15, -0.1) is 0 Å². The van der Waals surface area contributed by atoms with Gasteiger partial charge >= 0.3 is 0 Å². The van der Waals surface area contributed by atoms with Crippen molar-refractivity contribution in [2.24, 2.45) is 0 Å². The summed E-state index contributed by atoms with van der Waals surface area (Å²) in [6.07, 6.45) is 10.0. The molecule has 0 aromatic heterocycles. The molecule has 1 aliphatic heterocycles. The van der Waals surface area contributed by atoms with Crippen LogP contribution < -0.4 is 0 Å². The molecule has 0 saturated carbocycles.